The van der Waals surface area contributed by atoms with Gasteiger partial charge in [0, 0.05) is 19.4 Å². The number of imide groups is 1. The van der Waals surface area contributed by atoms with Crippen molar-refractivity contribution in [2.24, 2.45) is 0 Å². The fraction of sp³-hybridized carbons (Fsp3) is 0.273. The Kier molecular flexibility index (Phi) is 6.27. The molecule has 8 heteroatoms. The molecule has 1 saturated carbocycles. The number of carbonyl (C=O) groups is 2. The van der Waals surface area contributed by atoms with E-state index in [0.29, 0.717) is 35.9 Å². The van der Waals surface area contributed by atoms with Gasteiger partial charge in [0.2, 0.25) is 0 Å². The second-order valence-electron chi connectivity index (χ2n) is 6.81. The number of urea groups is 1. The molecule has 3 amide bonds. The second-order valence-corrected chi connectivity index (χ2v) is 6.81. The Balaban J connectivity index is 1.66. The van der Waals surface area contributed by atoms with Crippen molar-refractivity contribution < 1.29 is 19.1 Å². The predicted octanol–water partition coefficient (Wildman–Crippen LogP) is 3.99. The van der Waals surface area contributed by atoms with Crippen LogP contribution in [0.5, 0.6) is 11.5 Å². The summed E-state index contributed by atoms with van der Waals surface area (Å²) in [5.74, 6) is 0.981. The van der Waals surface area contributed by atoms with Gasteiger partial charge in [0.25, 0.3) is 5.91 Å². The maximum absolute atomic E-state index is 12.1. The first kappa shape index (κ1) is 21.2. The maximum atomic E-state index is 12.1. The lowest BCUT2D eigenvalue weighted by Crippen LogP contribution is -2.43. The first-order chi connectivity index (χ1) is 14.4. The molecule has 0 atom stereocenters. The molecule has 0 aliphatic heterocycles. The molecule has 1 aliphatic rings. The predicted molar refractivity (Wildman–Crippen MR) is 113 cm³/mol. The van der Waals surface area contributed by atoms with Gasteiger partial charge in [0.15, 0.2) is 0 Å². The first-order valence-corrected chi connectivity index (χ1v) is 9.49. The zero-order valence-electron chi connectivity index (χ0n) is 17.2. The van der Waals surface area contributed by atoms with E-state index in [4.69, 9.17) is 9.47 Å². The van der Waals surface area contributed by atoms with Gasteiger partial charge >= 0.3 is 6.03 Å². The minimum Gasteiger partial charge on any atom is -0.455 e. The molecule has 0 saturated heterocycles. The number of pyridine rings is 2. The Labute approximate surface area is 175 Å². The third kappa shape index (κ3) is 4.72. The SMILES string of the molecule is C=C/C(=C\C)c1cc(Oc2ccc(NC(=O)NC(=O)C3(OC)CC3)nc2C)ccn1. The molecule has 2 heterocycles. The highest BCUT2D eigenvalue weighted by Gasteiger charge is 2.51. The highest BCUT2D eigenvalue weighted by atomic mass is 16.5. The lowest BCUT2D eigenvalue weighted by atomic mass is 10.1. The molecule has 156 valence electrons. The van der Waals surface area contributed by atoms with Gasteiger partial charge in [0.05, 0.1) is 11.4 Å². The monoisotopic (exact) mass is 408 g/mol. The highest BCUT2D eigenvalue weighted by molar-refractivity contribution is 6.04. The molecule has 0 unspecified atom stereocenters. The lowest BCUT2D eigenvalue weighted by molar-refractivity contribution is -0.132. The van der Waals surface area contributed by atoms with E-state index in [9.17, 15) is 9.59 Å². The van der Waals surface area contributed by atoms with Crippen LogP contribution in [-0.2, 0) is 9.53 Å². The third-order valence-corrected chi connectivity index (χ3v) is 4.80. The molecule has 1 fully saturated rings. The third-order valence-electron chi connectivity index (χ3n) is 4.80. The topological polar surface area (TPSA) is 102 Å². The Bertz CT molecular complexity index is 1010. The summed E-state index contributed by atoms with van der Waals surface area (Å²) in [6.45, 7) is 7.46. The quantitative estimate of drug-likeness (QED) is 0.672. The van der Waals surface area contributed by atoms with Crippen molar-refractivity contribution in [2.45, 2.75) is 32.3 Å². The van der Waals surface area contributed by atoms with Crippen molar-refractivity contribution >= 4 is 23.3 Å². The van der Waals surface area contributed by atoms with Crippen LogP contribution in [0.2, 0.25) is 0 Å². The molecular weight excluding hydrogens is 384 g/mol. The Morgan fingerprint density at radius 2 is 2.03 bits per heavy atom. The summed E-state index contributed by atoms with van der Waals surface area (Å²) in [5, 5.41) is 4.82. The zero-order chi connectivity index (χ0) is 21.7. The Morgan fingerprint density at radius 3 is 2.63 bits per heavy atom. The van der Waals surface area contributed by atoms with Crippen LogP contribution in [-0.4, -0.2) is 34.6 Å². The number of nitrogens with zero attached hydrogens (tertiary/aromatic N) is 2. The van der Waals surface area contributed by atoms with Crippen LogP contribution in [0.4, 0.5) is 10.6 Å². The van der Waals surface area contributed by atoms with Crippen LogP contribution in [0.3, 0.4) is 0 Å². The summed E-state index contributed by atoms with van der Waals surface area (Å²) in [5.41, 5.74) is 1.35. The van der Waals surface area contributed by atoms with Crippen LogP contribution >= 0.6 is 0 Å². The smallest absolute Gasteiger partial charge is 0.327 e. The molecule has 0 aromatic carbocycles. The van der Waals surface area contributed by atoms with E-state index in [1.54, 1.807) is 37.4 Å². The van der Waals surface area contributed by atoms with Crippen molar-refractivity contribution in [3.05, 3.63) is 60.6 Å². The van der Waals surface area contributed by atoms with E-state index in [2.05, 4.69) is 27.2 Å². The Hall–Kier alpha value is -3.52. The maximum Gasteiger partial charge on any atom is 0.327 e. The van der Waals surface area contributed by atoms with Gasteiger partial charge in [-0.05, 0) is 50.5 Å². The van der Waals surface area contributed by atoms with Crippen LogP contribution in [0.1, 0.15) is 31.2 Å². The standard InChI is InChI=1S/C22H24N4O4/c1-5-15(6-2)17-13-16(9-12-23-17)30-18-7-8-19(24-14(18)3)25-21(28)26-20(27)22(29-4)10-11-22/h5-9,12-13H,1,10-11H2,2-4H3,(H2,24,25,26,27,28)/b15-6+. The van der Waals surface area contributed by atoms with Gasteiger partial charge in [-0.1, -0.05) is 18.7 Å². The van der Waals surface area contributed by atoms with Gasteiger partial charge in [-0.3, -0.25) is 20.4 Å². The largest absolute Gasteiger partial charge is 0.455 e. The number of allylic oxidation sites excluding steroid dienone is 3. The van der Waals surface area contributed by atoms with Crippen LogP contribution < -0.4 is 15.4 Å². The number of hydrogen-bond acceptors (Lipinski definition) is 6. The van der Waals surface area contributed by atoms with Crippen molar-refractivity contribution in [3.8, 4) is 11.5 Å². The second kappa shape index (κ2) is 8.87. The molecule has 30 heavy (non-hydrogen) atoms. The summed E-state index contributed by atoms with van der Waals surface area (Å²) >= 11 is 0. The number of carbonyl (C=O) groups excluding carboxylic acids is 2. The molecule has 3 rings (SSSR count). The molecule has 0 radical (unpaired) electrons. The lowest BCUT2D eigenvalue weighted by Gasteiger charge is -2.14. The van der Waals surface area contributed by atoms with E-state index in [-0.39, 0.29) is 0 Å². The number of methoxy groups -OCH3 is 1. The van der Waals surface area contributed by atoms with Crippen LogP contribution in [0.25, 0.3) is 5.57 Å². The van der Waals surface area contributed by atoms with Crippen molar-refractivity contribution in [1.29, 1.82) is 0 Å². The van der Waals surface area contributed by atoms with Crippen molar-refractivity contribution in [1.82, 2.24) is 15.3 Å². The van der Waals surface area contributed by atoms with Crippen molar-refractivity contribution in [3.63, 3.8) is 0 Å². The van der Waals surface area contributed by atoms with Gasteiger partial charge in [-0.2, -0.15) is 0 Å². The van der Waals surface area contributed by atoms with E-state index >= 15 is 0 Å². The molecule has 1 aliphatic carbocycles. The number of amides is 3. The summed E-state index contributed by atoms with van der Waals surface area (Å²) in [6.07, 6.45) is 6.51. The number of ether oxygens (including phenoxy) is 2. The summed E-state index contributed by atoms with van der Waals surface area (Å²) in [7, 11) is 1.45. The van der Waals surface area contributed by atoms with Crippen molar-refractivity contribution in [2.75, 3.05) is 12.4 Å². The summed E-state index contributed by atoms with van der Waals surface area (Å²) in [4.78, 5) is 32.8. The molecule has 8 nitrogen and oxygen atoms in total. The number of hydrogen-bond donors (Lipinski definition) is 2. The minimum absolute atomic E-state index is 0.297. The average Bonchev–Trinajstić information content (AvgIpc) is 3.53. The van der Waals surface area contributed by atoms with E-state index in [1.165, 1.54) is 7.11 Å². The molecule has 0 spiro atoms. The molecule has 2 aromatic heterocycles. The van der Waals surface area contributed by atoms with Gasteiger partial charge in [0.1, 0.15) is 22.9 Å². The van der Waals surface area contributed by atoms with E-state index in [0.717, 1.165) is 11.3 Å². The Morgan fingerprint density at radius 1 is 1.27 bits per heavy atom. The van der Waals surface area contributed by atoms with Crippen LogP contribution in [0, 0.1) is 6.92 Å². The zero-order valence-corrected chi connectivity index (χ0v) is 17.2. The van der Waals surface area contributed by atoms with Gasteiger partial charge in [-0.15, -0.1) is 0 Å². The van der Waals surface area contributed by atoms with Gasteiger partial charge in [-0.25, -0.2) is 9.78 Å². The van der Waals surface area contributed by atoms with E-state index in [1.807, 2.05) is 19.1 Å². The number of aromatic nitrogens is 2. The number of aryl methyl sites for hydroxylation is 1. The fourth-order valence-corrected chi connectivity index (χ4v) is 2.86. The first-order valence-electron chi connectivity index (χ1n) is 9.49. The molecule has 0 bridgehead atoms. The molecule has 2 aromatic rings. The fourth-order valence-electron chi connectivity index (χ4n) is 2.86. The minimum atomic E-state index is -0.875. The van der Waals surface area contributed by atoms with Gasteiger partial charge < -0.3 is 9.47 Å². The summed E-state index contributed by atoms with van der Waals surface area (Å²) < 4.78 is 11.1. The van der Waals surface area contributed by atoms with E-state index < -0.39 is 17.5 Å². The van der Waals surface area contributed by atoms with Crippen LogP contribution in [0.15, 0.2) is 49.2 Å². The number of anilines is 1. The molecule has 2 N–H and O–H groups in total. The normalized spacial score (nSPS) is 14.6. The summed E-state index contributed by atoms with van der Waals surface area (Å²) in [6, 6.07) is 6.19. The highest BCUT2D eigenvalue weighted by Crippen LogP contribution is 2.38. The molecular formula is C22H24N4O4. The average molecular weight is 408 g/mol. The number of nitrogens with one attached hydrogen (secondary N) is 2. The number of rotatable bonds is 7.